The first-order chi connectivity index (χ1) is 19.8. The first-order valence-corrected chi connectivity index (χ1v) is 14.5. The highest BCUT2D eigenvalue weighted by Gasteiger charge is 2.23. The second kappa shape index (κ2) is 12.5. The molecule has 206 valence electrons. The molecule has 0 aliphatic carbocycles. The first-order valence-electron chi connectivity index (χ1n) is 12.9. The molecule has 0 unspecified atom stereocenters. The molecule has 5 rings (SSSR count). The minimum Gasteiger partial charge on any atom is -0.347 e. The molecule has 0 fully saturated rings. The minimum atomic E-state index is -0.893. The summed E-state index contributed by atoms with van der Waals surface area (Å²) in [5.41, 5.74) is 7.00. The fourth-order valence-corrected chi connectivity index (χ4v) is 5.58. The van der Waals surface area contributed by atoms with Gasteiger partial charge in [0.15, 0.2) is 0 Å². The number of amides is 3. The topological polar surface area (TPSA) is 92.2 Å². The summed E-state index contributed by atoms with van der Waals surface area (Å²) < 4.78 is 2.88. The van der Waals surface area contributed by atoms with Crippen molar-refractivity contribution in [3.05, 3.63) is 134 Å². The predicted octanol–water partition coefficient (Wildman–Crippen LogP) is 6.75. The second-order valence-electron chi connectivity index (χ2n) is 9.53. The number of halogens is 2. The predicted molar refractivity (Wildman–Crippen MR) is 169 cm³/mol. The number of nitrogens with one attached hydrogen (secondary N) is 3. The Kier molecular flexibility index (Phi) is 8.66. The largest absolute Gasteiger partial charge is 0.347 e. The van der Waals surface area contributed by atoms with Crippen molar-refractivity contribution >= 4 is 66.2 Å². The van der Waals surface area contributed by atoms with Crippen molar-refractivity contribution in [3.8, 4) is 0 Å². The molecule has 3 amide bonds. The van der Waals surface area contributed by atoms with Crippen LogP contribution in [0, 0.1) is 6.92 Å². The lowest BCUT2D eigenvalue weighted by Gasteiger charge is -2.19. The molecule has 1 aromatic heterocycles. The van der Waals surface area contributed by atoms with Crippen LogP contribution in [-0.4, -0.2) is 28.9 Å². The molecule has 0 spiro atoms. The number of hydrogen-bond donors (Lipinski definition) is 3. The van der Waals surface area contributed by atoms with Crippen LogP contribution in [0.4, 0.5) is 5.69 Å². The molecule has 0 aliphatic heterocycles. The van der Waals surface area contributed by atoms with Gasteiger partial charge in [0, 0.05) is 26.8 Å². The maximum Gasteiger partial charge on any atom is 0.328 e. The molecule has 5 aromatic rings. The number of benzene rings is 4. The number of anilines is 1. The van der Waals surface area contributed by atoms with E-state index < -0.39 is 17.7 Å². The van der Waals surface area contributed by atoms with Crippen molar-refractivity contribution in [1.82, 2.24) is 9.99 Å². The quantitative estimate of drug-likeness (QED) is 0.167. The minimum absolute atomic E-state index is 0.145. The number of aromatic nitrogens is 1. The average Bonchev–Trinajstić information content (AvgIpc) is 3.32. The van der Waals surface area contributed by atoms with Crippen LogP contribution in [0.3, 0.4) is 0 Å². The van der Waals surface area contributed by atoms with Gasteiger partial charge in [0.05, 0.1) is 11.2 Å². The molecular weight excluding hydrogens is 648 g/mol. The van der Waals surface area contributed by atoms with Gasteiger partial charge >= 0.3 is 11.8 Å². The van der Waals surface area contributed by atoms with Crippen molar-refractivity contribution in [2.45, 2.75) is 12.8 Å². The summed E-state index contributed by atoms with van der Waals surface area (Å²) in [5.74, 6) is -2.30. The summed E-state index contributed by atoms with van der Waals surface area (Å²) in [6.07, 6.45) is 0. The highest BCUT2D eigenvalue weighted by atomic mass is 79.9. The first kappa shape index (κ1) is 28.3. The van der Waals surface area contributed by atoms with Gasteiger partial charge in [-0.2, -0.15) is 0 Å². The van der Waals surface area contributed by atoms with Gasteiger partial charge in [-0.1, -0.05) is 82.7 Å². The Morgan fingerprint density at radius 2 is 1.44 bits per heavy atom. The van der Waals surface area contributed by atoms with Crippen LogP contribution >= 0.6 is 31.9 Å². The zero-order valence-electron chi connectivity index (χ0n) is 22.0. The maximum absolute atomic E-state index is 13.4. The summed E-state index contributed by atoms with van der Waals surface area (Å²) in [6, 6.07) is 32.2. The Morgan fingerprint density at radius 1 is 0.780 bits per heavy atom. The summed E-state index contributed by atoms with van der Waals surface area (Å²) in [4.78, 5) is 39.6. The van der Waals surface area contributed by atoms with Crippen LogP contribution < -0.4 is 16.1 Å². The van der Waals surface area contributed by atoms with Gasteiger partial charge in [0.1, 0.15) is 5.69 Å². The van der Waals surface area contributed by atoms with Gasteiger partial charge in [-0.05, 0) is 75.9 Å². The molecule has 41 heavy (non-hydrogen) atoms. The Balaban J connectivity index is 1.37. The lowest BCUT2D eigenvalue weighted by molar-refractivity contribution is -0.136. The standard InChI is InChI=1S/C32H26Br2N4O3/c1-20-12-14-27(26(34)16-20)36-30(39)29-18-23-17-24(33)13-15-28(23)38(29)37-32(41)31(40)35-19-25(21-8-4-2-5-9-21)22-10-6-3-7-11-22/h2-18,25H,19H2,1H3,(H,35,40)(H,36,39)(H,37,41). The molecule has 7 nitrogen and oxygen atoms in total. The van der Waals surface area contributed by atoms with Crippen molar-refractivity contribution in [3.63, 3.8) is 0 Å². The number of rotatable bonds is 7. The summed E-state index contributed by atoms with van der Waals surface area (Å²) >= 11 is 6.93. The van der Waals surface area contributed by atoms with Crippen LogP contribution in [0.1, 0.15) is 33.1 Å². The van der Waals surface area contributed by atoms with E-state index in [1.807, 2.05) is 85.8 Å². The van der Waals surface area contributed by atoms with Crippen molar-refractivity contribution < 1.29 is 14.4 Å². The van der Waals surface area contributed by atoms with Crippen LogP contribution in [0.2, 0.25) is 0 Å². The third-order valence-electron chi connectivity index (χ3n) is 6.66. The zero-order valence-corrected chi connectivity index (χ0v) is 25.2. The zero-order chi connectivity index (χ0) is 28.9. The van der Waals surface area contributed by atoms with Crippen molar-refractivity contribution in [1.29, 1.82) is 0 Å². The summed E-state index contributed by atoms with van der Waals surface area (Å²) in [7, 11) is 0. The molecule has 3 N–H and O–H groups in total. The molecule has 4 aromatic carbocycles. The number of aryl methyl sites for hydroxylation is 1. The smallest absolute Gasteiger partial charge is 0.328 e. The van der Waals surface area contributed by atoms with E-state index in [0.29, 0.717) is 16.6 Å². The Hall–Kier alpha value is -4.21. The summed E-state index contributed by atoms with van der Waals surface area (Å²) in [5, 5.41) is 6.36. The molecule has 1 heterocycles. The monoisotopic (exact) mass is 672 g/mol. The van der Waals surface area contributed by atoms with Crippen LogP contribution in [0.25, 0.3) is 10.9 Å². The van der Waals surface area contributed by atoms with E-state index in [2.05, 4.69) is 47.9 Å². The fourth-order valence-electron chi connectivity index (χ4n) is 4.61. The van der Waals surface area contributed by atoms with Gasteiger partial charge in [-0.3, -0.25) is 19.8 Å². The van der Waals surface area contributed by atoms with E-state index >= 15 is 0 Å². The van der Waals surface area contributed by atoms with Crippen molar-refractivity contribution in [2.24, 2.45) is 0 Å². The van der Waals surface area contributed by atoms with E-state index in [1.54, 1.807) is 24.3 Å². The Labute approximate surface area is 254 Å². The van der Waals surface area contributed by atoms with Crippen LogP contribution in [-0.2, 0) is 9.59 Å². The molecule has 0 aliphatic rings. The van der Waals surface area contributed by atoms with Gasteiger partial charge in [-0.15, -0.1) is 0 Å². The SMILES string of the molecule is Cc1ccc(NC(=O)c2cc3cc(Br)ccc3n2NC(=O)C(=O)NCC(c2ccccc2)c2ccccc2)c(Br)c1. The van der Waals surface area contributed by atoms with Gasteiger partial charge < -0.3 is 10.6 Å². The number of carbonyl (C=O) groups is 3. The second-order valence-corrected chi connectivity index (χ2v) is 11.3. The molecule has 0 saturated carbocycles. The lowest BCUT2D eigenvalue weighted by Crippen LogP contribution is -2.41. The van der Waals surface area contributed by atoms with Crippen molar-refractivity contribution in [2.75, 3.05) is 17.3 Å². The number of fused-ring (bicyclic) bond motifs is 1. The van der Waals surface area contributed by atoms with Crippen LogP contribution in [0.5, 0.6) is 0 Å². The Morgan fingerprint density at radius 3 is 2.07 bits per heavy atom. The molecule has 9 heteroatoms. The molecule has 0 saturated heterocycles. The van der Waals surface area contributed by atoms with Crippen LogP contribution in [0.15, 0.2) is 112 Å². The lowest BCUT2D eigenvalue weighted by atomic mass is 9.91. The van der Waals surface area contributed by atoms with E-state index in [1.165, 1.54) is 4.68 Å². The highest BCUT2D eigenvalue weighted by molar-refractivity contribution is 9.10. The molecule has 0 radical (unpaired) electrons. The third kappa shape index (κ3) is 6.58. The third-order valence-corrected chi connectivity index (χ3v) is 7.81. The molecular formula is C32H26Br2N4O3. The van der Waals surface area contributed by atoms with E-state index in [9.17, 15) is 14.4 Å². The molecule has 0 bridgehead atoms. The normalized spacial score (nSPS) is 10.9. The fraction of sp³-hybridized carbons (Fsp3) is 0.0938. The van der Waals surface area contributed by atoms with E-state index in [-0.39, 0.29) is 18.2 Å². The Bertz CT molecular complexity index is 1700. The summed E-state index contributed by atoms with van der Waals surface area (Å²) in [6.45, 7) is 2.17. The van der Waals surface area contributed by atoms with E-state index in [4.69, 9.17) is 0 Å². The van der Waals surface area contributed by atoms with Gasteiger partial charge in [-0.25, -0.2) is 4.68 Å². The molecule has 0 atom stereocenters. The van der Waals surface area contributed by atoms with E-state index in [0.717, 1.165) is 25.6 Å². The van der Waals surface area contributed by atoms with Gasteiger partial charge in [0.2, 0.25) is 0 Å². The number of carbonyl (C=O) groups excluding carboxylic acids is 3. The maximum atomic E-state index is 13.4. The number of nitrogens with zero attached hydrogens (tertiary/aromatic N) is 1. The highest BCUT2D eigenvalue weighted by Crippen LogP contribution is 2.27. The number of hydrogen-bond acceptors (Lipinski definition) is 3. The average molecular weight is 674 g/mol. The van der Waals surface area contributed by atoms with Gasteiger partial charge in [0.25, 0.3) is 5.91 Å².